The fourth-order valence-corrected chi connectivity index (χ4v) is 2.78. The SMILES string of the molecule is CCCC(=O)NCC1CCCN(C(=O)Nc2cc(F)ccc2F)C1. The first-order chi connectivity index (χ1) is 11.5. The second-order valence-corrected chi connectivity index (χ2v) is 6.06. The van der Waals surface area contributed by atoms with Gasteiger partial charge in [0.1, 0.15) is 11.6 Å². The summed E-state index contributed by atoms with van der Waals surface area (Å²) in [6.07, 6.45) is 3.03. The average Bonchev–Trinajstić information content (AvgIpc) is 2.57. The molecule has 1 atom stereocenters. The van der Waals surface area contributed by atoms with E-state index in [0.717, 1.165) is 37.5 Å². The number of hydrogen-bond donors (Lipinski definition) is 2. The Morgan fingerprint density at radius 3 is 2.88 bits per heavy atom. The largest absolute Gasteiger partial charge is 0.356 e. The number of halogens is 2. The van der Waals surface area contributed by atoms with Crippen molar-refractivity contribution < 1.29 is 18.4 Å². The van der Waals surface area contributed by atoms with E-state index in [1.54, 1.807) is 4.90 Å². The van der Waals surface area contributed by atoms with Gasteiger partial charge in [0.25, 0.3) is 0 Å². The van der Waals surface area contributed by atoms with E-state index in [2.05, 4.69) is 10.6 Å². The minimum Gasteiger partial charge on any atom is -0.356 e. The van der Waals surface area contributed by atoms with E-state index in [4.69, 9.17) is 0 Å². The van der Waals surface area contributed by atoms with Crippen LogP contribution in [0.15, 0.2) is 18.2 Å². The summed E-state index contributed by atoms with van der Waals surface area (Å²) < 4.78 is 26.8. The van der Waals surface area contributed by atoms with E-state index >= 15 is 0 Å². The highest BCUT2D eigenvalue weighted by molar-refractivity contribution is 5.89. The number of likely N-dealkylation sites (tertiary alicyclic amines) is 1. The molecule has 2 N–H and O–H groups in total. The van der Waals surface area contributed by atoms with Gasteiger partial charge in [0, 0.05) is 32.1 Å². The Balaban J connectivity index is 1.88. The van der Waals surface area contributed by atoms with Crippen molar-refractivity contribution in [3.63, 3.8) is 0 Å². The van der Waals surface area contributed by atoms with Gasteiger partial charge >= 0.3 is 6.03 Å². The number of urea groups is 1. The van der Waals surface area contributed by atoms with Gasteiger partial charge in [0.15, 0.2) is 0 Å². The molecule has 2 rings (SSSR count). The second-order valence-electron chi connectivity index (χ2n) is 6.06. The number of hydrogen-bond acceptors (Lipinski definition) is 2. The summed E-state index contributed by atoms with van der Waals surface area (Å²) in [5.74, 6) is -1.10. The quantitative estimate of drug-likeness (QED) is 0.866. The molecule has 1 aliphatic heterocycles. The van der Waals surface area contributed by atoms with Gasteiger partial charge in [-0.05, 0) is 37.3 Å². The van der Waals surface area contributed by atoms with Crippen molar-refractivity contribution in [2.24, 2.45) is 5.92 Å². The van der Waals surface area contributed by atoms with Gasteiger partial charge in [0.05, 0.1) is 5.69 Å². The zero-order valence-corrected chi connectivity index (χ0v) is 13.8. The summed E-state index contributed by atoms with van der Waals surface area (Å²) in [5.41, 5.74) is -0.168. The maximum absolute atomic E-state index is 13.6. The molecule has 1 fully saturated rings. The number of piperidine rings is 1. The number of anilines is 1. The molecule has 24 heavy (non-hydrogen) atoms. The van der Waals surface area contributed by atoms with Crippen molar-refractivity contribution in [2.45, 2.75) is 32.6 Å². The highest BCUT2D eigenvalue weighted by Crippen LogP contribution is 2.19. The number of carbonyl (C=O) groups is 2. The number of benzene rings is 1. The third kappa shape index (κ3) is 5.18. The Morgan fingerprint density at radius 2 is 2.12 bits per heavy atom. The van der Waals surface area contributed by atoms with Gasteiger partial charge in [-0.1, -0.05) is 6.92 Å². The Hall–Kier alpha value is -2.18. The molecule has 1 heterocycles. The lowest BCUT2D eigenvalue weighted by Crippen LogP contribution is -2.45. The molecule has 1 aliphatic rings. The lowest BCUT2D eigenvalue weighted by atomic mass is 9.98. The van der Waals surface area contributed by atoms with E-state index < -0.39 is 17.7 Å². The monoisotopic (exact) mass is 339 g/mol. The van der Waals surface area contributed by atoms with E-state index in [-0.39, 0.29) is 17.5 Å². The van der Waals surface area contributed by atoms with Crippen LogP contribution in [0.2, 0.25) is 0 Å². The second kappa shape index (κ2) is 8.61. The normalized spacial score (nSPS) is 17.5. The van der Waals surface area contributed by atoms with E-state index in [1.807, 2.05) is 6.92 Å². The first-order valence-corrected chi connectivity index (χ1v) is 8.27. The first-order valence-electron chi connectivity index (χ1n) is 8.27. The molecule has 1 unspecified atom stereocenters. The van der Waals surface area contributed by atoms with Crippen molar-refractivity contribution in [3.05, 3.63) is 29.8 Å². The van der Waals surface area contributed by atoms with Crippen LogP contribution < -0.4 is 10.6 Å². The number of amides is 3. The number of carbonyl (C=O) groups excluding carboxylic acids is 2. The van der Waals surface area contributed by atoms with Crippen LogP contribution in [0.3, 0.4) is 0 Å². The van der Waals surface area contributed by atoms with Crippen LogP contribution in [-0.2, 0) is 4.79 Å². The molecular formula is C17H23F2N3O2. The maximum Gasteiger partial charge on any atom is 0.321 e. The molecule has 0 aliphatic carbocycles. The molecule has 1 aromatic rings. The minimum absolute atomic E-state index is 0.0147. The minimum atomic E-state index is -0.676. The Labute approximate surface area is 140 Å². The van der Waals surface area contributed by atoms with Gasteiger partial charge in [-0.25, -0.2) is 13.6 Å². The molecule has 0 bridgehead atoms. The molecule has 0 spiro atoms. The summed E-state index contributed by atoms with van der Waals surface area (Å²) in [7, 11) is 0. The molecule has 132 valence electrons. The zero-order valence-electron chi connectivity index (χ0n) is 13.8. The smallest absolute Gasteiger partial charge is 0.321 e. The summed E-state index contributed by atoms with van der Waals surface area (Å²) >= 11 is 0. The van der Waals surface area contributed by atoms with Gasteiger partial charge < -0.3 is 15.5 Å². The van der Waals surface area contributed by atoms with Crippen LogP contribution >= 0.6 is 0 Å². The third-order valence-electron chi connectivity index (χ3n) is 4.04. The molecule has 1 saturated heterocycles. The lowest BCUT2D eigenvalue weighted by molar-refractivity contribution is -0.121. The Morgan fingerprint density at radius 1 is 1.33 bits per heavy atom. The summed E-state index contributed by atoms with van der Waals surface area (Å²) in [5, 5.41) is 5.28. The summed E-state index contributed by atoms with van der Waals surface area (Å²) in [6.45, 7) is 3.51. The maximum atomic E-state index is 13.6. The fraction of sp³-hybridized carbons (Fsp3) is 0.529. The first kappa shape index (κ1) is 18.2. The number of rotatable bonds is 5. The van der Waals surface area contributed by atoms with Crippen molar-refractivity contribution in [2.75, 3.05) is 25.0 Å². The molecule has 7 heteroatoms. The van der Waals surface area contributed by atoms with E-state index in [9.17, 15) is 18.4 Å². The number of nitrogens with one attached hydrogen (secondary N) is 2. The summed E-state index contributed by atoms with van der Waals surface area (Å²) in [6, 6.07) is 2.48. The van der Waals surface area contributed by atoms with Crippen LogP contribution in [0.5, 0.6) is 0 Å². The molecule has 3 amide bonds. The Kier molecular flexibility index (Phi) is 6.52. The van der Waals surface area contributed by atoms with Crippen molar-refractivity contribution in [1.29, 1.82) is 0 Å². The zero-order chi connectivity index (χ0) is 17.5. The van der Waals surface area contributed by atoms with Crippen LogP contribution in [0, 0.1) is 17.6 Å². The third-order valence-corrected chi connectivity index (χ3v) is 4.04. The van der Waals surface area contributed by atoms with Crippen LogP contribution in [0.4, 0.5) is 19.3 Å². The molecule has 1 aromatic carbocycles. The Bertz CT molecular complexity index is 595. The highest BCUT2D eigenvalue weighted by atomic mass is 19.1. The van der Waals surface area contributed by atoms with Gasteiger partial charge in [0.2, 0.25) is 5.91 Å². The highest BCUT2D eigenvalue weighted by Gasteiger charge is 2.24. The van der Waals surface area contributed by atoms with Crippen LogP contribution in [0.1, 0.15) is 32.6 Å². The molecule has 0 radical (unpaired) electrons. The average molecular weight is 339 g/mol. The lowest BCUT2D eigenvalue weighted by Gasteiger charge is -2.32. The molecule has 0 aromatic heterocycles. The standard InChI is InChI=1S/C17H23F2N3O2/c1-2-4-16(23)20-10-12-5-3-8-22(11-12)17(24)21-15-9-13(18)6-7-14(15)19/h6-7,9,12H,2-5,8,10-11H2,1H3,(H,20,23)(H,21,24). The van der Waals surface area contributed by atoms with E-state index in [0.29, 0.717) is 26.1 Å². The van der Waals surface area contributed by atoms with Crippen LogP contribution in [-0.4, -0.2) is 36.5 Å². The molecule has 0 saturated carbocycles. The number of nitrogens with zero attached hydrogens (tertiary/aromatic N) is 1. The van der Waals surface area contributed by atoms with Gasteiger partial charge in [-0.2, -0.15) is 0 Å². The fourth-order valence-electron chi connectivity index (χ4n) is 2.78. The van der Waals surface area contributed by atoms with Crippen molar-refractivity contribution >= 4 is 17.6 Å². The molecular weight excluding hydrogens is 316 g/mol. The predicted molar refractivity (Wildman–Crippen MR) is 87.6 cm³/mol. The predicted octanol–water partition coefficient (Wildman–Crippen LogP) is 3.13. The van der Waals surface area contributed by atoms with Gasteiger partial charge in [-0.3, -0.25) is 4.79 Å². The van der Waals surface area contributed by atoms with Gasteiger partial charge in [-0.15, -0.1) is 0 Å². The molecule has 5 nitrogen and oxygen atoms in total. The topological polar surface area (TPSA) is 61.4 Å². The summed E-state index contributed by atoms with van der Waals surface area (Å²) in [4.78, 5) is 25.4. The van der Waals surface area contributed by atoms with Crippen molar-refractivity contribution in [3.8, 4) is 0 Å². The van der Waals surface area contributed by atoms with Crippen LogP contribution in [0.25, 0.3) is 0 Å². The van der Waals surface area contributed by atoms with E-state index in [1.165, 1.54) is 0 Å². The van der Waals surface area contributed by atoms with Crippen molar-refractivity contribution in [1.82, 2.24) is 10.2 Å².